The Morgan fingerprint density at radius 1 is 1.24 bits per heavy atom. The molecular formula is C16H24FNO3. The van der Waals surface area contributed by atoms with Crippen LogP contribution in [0.2, 0.25) is 0 Å². The van der Waals surface area contributed by atoms with Gasteiger partial charge in [0, 0.05) is 20.3 Å². The van der Waals surface area contributed by atoms with Crippen LogP contribution in [0.3, 0.4) is 0 Å². The van der Waals surface area contributed by atoms with Crippen LogP contribution in [-0.4, -0.2) is 31.3 Å². The molecule has 1 saturated carbocycles. The van der Waals surface area contributed by atoms with Crippen molar-refractivity contribution in [1.29, 1.82) is 0 Å². The number of carboxylic acid groups (broad SMARTS) is 1. The Balaban J connectivity index is 0.000000677. The molecule has 118 valence electrons. The predicted molar refractivity (Wildman–Crippen MR) is 80.0 cm³/mol. The van der Waals surface area contributed by atoms with E-state index in [9.17, 15) is 9.28 Å². The Bertz CT molecular complexity index is 414. The van der Waals surface area contributed by atoms with Gasteiger partial charge in [-0.1, -0.05) is 12.1 Å². The second-order valence-electron chi connectivity index (χ2n) is 5.44. The van der Waals surface area contributed by atoms with Gasteiger partial charge in [-0.25, -0.2) is 4.79 Å². The highest BCUT2D eigenvalue weighted by Crippen LogP contribution is 2.27. The maximum Gasteiger partial charge on any atom is 0.335 e. The van der Waals surface area contributed by atoms with Gasteiger partial charge in [-0.3, -0.25) is 0 Å². The van der Waals surface area contributed by atoms with Crippen molar-refractivity contribution in [3.63, 3.8) is 0 Å². The number of aromatic carboxylic acids is 1. The van der Waals surface area contributed by atoms with Crippen LogP contribution >= 0.6 is 0 Å². The largest absolute Gasteiger partial charge is 0.478 e. The average Bonchev–Trinajstić information content (AvgIpc) is 2.49. The Hall–Kier alpha value is -1.46. The minimum atomic E-state index is -0.893. The van der Waals surface area contributed by atoms with E-state index in [-0.39, 0.29) is 6.04 Å². The van der Waals surface area contributed by atoms with Crippen LogP contribution in [0.25, 0.3) is 0 Å². The van der Waals surface area contributed by atoms with Gasteiger partial charge >= 0.3 is 5.97 Å². The third-order valence-electron chi connectivity index (χ3n) is 3.73. The van der Waals surface area contributed by atoms with Crippen molar-refractivity contribution < 1.29 is 19.1 Å². The summed E-state index contributed by atoms with van der Waals surface area (Å²) >= 11 is 0. The zero-order valence-corrected chi connectivity index (χ0v) is 12.6. The van der Waals surface area contributed by atoms with Crippen molar-refractivity contribution >= 4 is 5.97 Å². The van der Waals surface area contributed by atoms with Gasteiger partial charge in [0.05, 0.1) is 5.56 Å². The van der Waals surface area contributed by atoms with E-state index < -0.39 is 5.97 Å². The van der Waals surface area contributed by atoms with Crippen LogP contribution < -0.4 is 5.54 Å². The lowest BCUT2D eigenvalue weighted by Crippen LogP contribution is -2.28. The lowest BCUT2D eigenvalue weighted by molar-refractivity contribution is 0.0697. The van der Waals surface area contributed by atoms with E-state index in [2.05, 4.69) is 4.74 Å². The molecule has 0 atom stereocenters. The molecule has 2 rings (SSSR count). The molecule has 1 aromatic rings. The molecule has 0 heterocycles. The van der Waals surface area contributed by atoms with E-state index in [1.165, 1.54) is 0 Å². The van der Waals surface area contributed by atoms with Gasteiger partial charge in [0.1, 0.15) is 0 Å². The number of carbonyl (C=O) groups is 1. The summed E-state index contributed by atoms with van der Waals surface area (Å²) in [6.07, 6.45) is 4.78. The van der Waals surface area contributed by atoms with Gasteiger partial charge in [0.2, 0.25) is 0 Å². The summed E-state index contributed by atoms with van der Waals surface area (Å²) in [5, 5.41) is 8.81. The number of methoxy groups -OCH3 is 1. The lowest BCUT2D eigenvalue weighted by Gasteiger charge is -2.26. The fourth-order valence-electron chi connectivity index (χ4n) is 2.59. The number of ether oxygens (including phenoxy) is 1. The standard InChI is InChI=1S/C14H18FNO2.C2H6O/c15-16-13-7-3-11(4-8-13)9-10-1-5-12(6-2-10)14(17)18;1-3-2/h1-2,5-6,11,13,16H,3-4,7-9H2,(H,17,18);1-2H3. The van der Waals surface area contributed by atoms with E-state index in [4.69, 9.17) is 5.11 Å². The normalized spacial score (nSPS) is 21.3. The second-order valence-corrected chi connectivity index (χ2v) is 5.44. The Morgan fingerprint density at radius 2 is 1.76 bits per heavy atom. The number of nitrogens with one attached hydrogen (secondary N) is 1. The van der Waals surface area contributed by atoms with Crippen LogP contribution in [0.5, 0.6) is 0 Å². The fourth-order valence-corrected chi connectivity index (χ4v) is 2.59. The molecule has 0 radical (unpaired) electrons. The highest BCUT2D eigenvalue weighted by Gasteiger charge is 2.21. The SMILES string of the molecule is COC.O=C(O)c1ccc(CC2CCC(NF)CC2)cc1. The van der Waals surface area contributed by atoms with Crippen molar-refractivity contribution in [2.75, 3.05) is 14.2 Å². The number of rotatable bonds is 4. The van der Waals surface area contributed by atoms with Gasteiger partial charge in [-0.05, 0) is 55.7 Å². The molecule has 0 aromatic heterocycles. The minimum absolute atomic E-state index is 0.0237. The number of carboxylic acids is 1. The quantitative estimate of drug-likeness (QED) is 0.838. The summed E-state index contributed by atoms with van der Waals surface area (Å²) in [6.45, 7) is 0. The van der Waals surface area contributed by atoms with Gasteiger partial charge in [0.25, 0.3) is 0 Å². The minimum Gasteiger partial charge on any atom is -0.478 e. The van der Waals surface area contributed by atoms with Crippen LogP contribution in [-0.2, 0) is 11.2 Å². The zero-order chi connectivity index (χ0) is 15.7. The maximum absolute atomic E-state index is 12.2. The number of benzene rings is 1. The summed E-state index contributed by atoms with van der Waals surface area (Å²) in [5.41, 5.74) is 3.33. The molecule has 1 aliphatic carbocycles. The molecule has 0 amide bonds. The Labute approximate surface area is 125 Å². The molecule has 2 N–H and O–H groups in total. The molecule has 0 spiro atoms. The molecule has 0 bridgehead atoms. The van der Waals surface area contributed by atoms with E-state index >= 15 is 0 Å². The topological polar surface area (TPSA) is 58.6 Å². The number of hydrogen-bond acceptors (Lipinski definition) is 3. The number of halogens is 1. The van der Waals surface area contributed by atoms with Crippen molar-refractivity contribution in [3.05, 3.63) is 35.4 Å². The summed E-state index contributed by atoms with van der Waals surface area (Å²) in [4.78, 5) is 10.7. The lowest BCUT2D eigenvalue weighted by atomic mass is 9.82. The van der Waals surface area contributed by atoms with Crippen molar-refractivity contribution in [3.8, 4) is 0 Å². The summed E-state index contributed by atoms with van der Waals surface area (Å²) in [6, 6.07) is 7.07. The predicted octanol–water partition coefficient (Wildman–Crippen LogP) is 3.22. The van der Waals surface area contributed by atoms with Crippen molar-refractivity contribution in [1.82, 2.24) is 5.54 Å². The zero-order valence-electron chi connectivity index (χ0n) is 12.6. The second kappa shape index (κ2) is 9.47. The van der Waals surface area contributed by atoms with Crippen LogP contribution in [0.15, 0.2) is 24.3 Å². The van der Waals surface area contributed by atoms with E-state index in [1.807, 2.05) is 17.7 Å². The van der Waals surface area contributed by atoms with E-state index in [0.29, 0.717) is 11.5 Å². The molecule has 1 fully saturated rings. The molecule has 0 saturated heterocycles. The Kier molecular flexibility index (Phi) is 7.93. The fraction of sp³-hybridized carbons (Fsp3) is 0.562. The van der Waals surface area contributed by atoms with Crippen LogP contribution in [0, 0.1) is 5.92 Å². The van der Waals surface area contributed by atoms with Gasteiger partial charge in [-0.15, -0.1) is 4.48 Å². The first-order chi connectivity index (χ1) is 10.1. The van der Waals surface area contributed by atoms with E-state index in [0.717, 1.165) is 37.7 Å². The molecule has 5 heteroatoms. The van der Waals surface area contributed by atoms with Crippen LogP contribution in [0.1, 0.15) is 41.6 Å². The van der Waals surface area contributed by atoms with Gasteiger partial charge in [-0.2, -0.15) is 5.54 Å². The van der Waals surface area contributed by atoms with Crippen molar-refractivity contribution in [2.24, 2.45) is 5.92 Å². The average molecular weight is 297 g/mol. The summed E-state index contributed by atoms with van der Waals surface area (Å²) in [5.74, 6) is -0.304. The molecule has 21 heavy (non-hydrogen) atoms. The third-order valence-corrected chi connectivity index (χ3v) is 3.73. The first-order valence-electron chi connectivity index (χ1n) is 7.19. The summed E-state index contributed by atoms with van der Waals surface area (Å²) in [7, 11) is 3.25. The summed E-state index contributed by atoms with van der Waals surface area (Å²) < 4.78 is 16.5. The van der Waals surface area contributed by atoms with Gasteiger partial charge < -0.3 is 9.84 Å². The monoisotopic (exact) mass is 297 g/mol. The highest BCUT2D eigenvalue weighted by atomic mass is 19.2. The third kappa shape index (κ3) is 6.23. The van der Waals surface area contributed by atoms with Crippen molar-refractivity contribution in [2.45, 2.75) is 38.1 Å². The van der Waals surface area contributed by atoms with Gasteiger partial charge in [0.15, 0.2) is 0 Å². The molecule has 0 unspecified atom stereocenters. The molecule has 1 aliphatic rings. The first kappa shape index (κ1) is 17.6. The molecule has 0 aliphatic heterocycles. The van der Waals surface area contributed by atoms with E-state index in [1.54, 1.807) is 26.4 Å². The first-order valence-corrected chi connectivity index (χ1v) is 7.19. The molecule has 1 aromatic carbocycles. The van der Waals surface area contributed by atoms with Crippen LogP contribution in [0.4, 0.5) is 4.48 Å². The highest BCUT2D eigenvalue weighted by molar-refractivity contribution is 5.87. The molecular weight excluding hydrogens is 273 g/mol. The maximum atomic E-state index is 12.2. The Morgan fingerprint density at radius 3 is 2.19 bits per heavy atom. The smallest absolute Gasteiger partial charge is 0.335 e. The number of hydrogen-bond donors (Lipinski definition) is 2. The molecule has 4 nitrogen and oxygen atoms in total.